The highest BCUT2D eigenvalue weighted by Gasteiger charge is 2.39. The molecule has 2 aliphatic rings. The molecule has 2 fully saturated rings. The molecule has 1 aromatic rings. The van der Waals surface area contributed by atoms with E-state index in [4.69, 9.17) is 18.9 Å². The average molecular weight is 491 g/mol. The molecule has 1 saturated heterocycles. The highest BCUT2D eigenvalue weighted by Crippen LogP contribution is 2.40. The number of likely N-dealkylation sites (tertiary alicyclic amines) is 1. The van der Waals surface area contributed by atoms with Crippen molar-refractivity contribution in [2.75, 3.05) is 39.2 Å². The zero-order valence-electron chi connectivity index (χ0n) is 20.9. The summed E-state index contributed by atoms with van der Waals surface area (Å²) in [5, 5.41) is 2.79. The lowest BCUT2D eigenvalue weighted by Crippen LogP contribution is -2.45. The number of rotatable bonds is 9. The topological polar surface area (TPSA) is 120 Å². The van der Waals surface area contributed by atoms with Gasteiger partial charge in [-0.15, -0.1) is 0 Å². The molecular weight excluding hydrogens is 456 g/mol. The van der Waals surface area contributed by atoms with Crippen molar-refractivity contribution < 1.29 is 38.1 Å². The molecule has 0 radical (unpaired) electrons. The molecule has 1 aliphatic carbocycles. The number of methoxy groups -OCH3 is 2. The number of amides is 2. The number of anilines is 1. The number of ether oxygens (including phenoxy) is 4. The van der Waals surface area contributed by atoms with Crippen LogP contribution in [0, 0.1) is 17.8 Å². The molecule has 1 N–H and O–H groups in total. The largest absolute Gasteiger partial charge is 0.493 e. The minimum absolute atomic E-state index is 0.0602. The van der Waals surface area contributed by atoms with E-state index in [1.54, 1.807) is 11.8 Å². The van der Waals surface area contributed by atoms with Gasteiger partial charge in [-0.2, -0.15) is 0 Å². The second kappa shape index (κ2) is 11.4. The first-order valence-corrected chi connectivity index (χ1v) is 11.9. The summed E-state index contributed by atoms with van der Waals surface area (Å²) in [5.41, 5.74) is 0.289. The number of nitrogens with zero attached hydrogens (tertiary/aromatic N) is 1. The molecule has 192 valence electrons. The Balaban J connectivity index is 1.69. The van der Waals surface area contributed by atoms with Crippen LogP contribution in [-0.4, -0.2) is 68.7 Å². The van der Waals surface area contributed by atoms with Crippen molar-refractivity contribution >= 4 is 29.4 Å². The third-order valence-electron chi connectivity index (χ3n) is 6.51. The summed E-state index contributed by atoms with van der Waals surface area (Å²) >= 11 is 0. The van der Waals surface area contributed by atoms with Crippen LogP contribution in [0.1, 0.15) is 50.4 Å². The van der Waals surface area contributed by atoms with Gasteiger partial charge in [0.1, 0.15) is 0 Å². The second-order valence-electron chi connectivity index (χ2n) is 8.96. The van der Waals surface area contributed by atoms with E-state index in [0.717, 1.165) is 6.42 Å². The van der Waals surface area contributed by atoms with E-state index in [0.29, 0.717) is 38.3 Å². The van der Waals surface area contributed by atoms with Gasteiger partial charge in [0.25, 0.3) is 5.91 Å². The molecule has 1 aliphatic heterocycles. The molecule has 0 spiro atoms. The zero-order chi connectivity index (χ0) is 25.7. The fourth-order valence-electron chi connectivity index (χ4n) is 4.19. The molecule has 0 aromatic heterocycles. The molecule has 3 rings (SSSR count). The molecular formula is C25H34N2O8. The van der Waals surface area contributed by atoms with Gasteiger partial charge in [0.05, 0.1) is 38.0 Å². The summed E-state index contributed by atoms with van der Waals surface area (Å²) in [4.78, 5) is 52.0. The first kappa shape index (κ1) is 26.3. The maximum absolute atomic E-state index is 13.1. The number of hydrogen-bond acceptors (Lipinski definition) is 8. The van der Waals surface area contributed by atoms with Crippen LogP contribution in [-0.2, 0) is 23.9 Å². The molecule has 3 unspecified atom stereocenters. The number of nitrogens with one attached hydrogen (secondary N) is 1. The SMILES string of the molecule is CCOC(=O)C1CCN(C(=O)C(C)OC(=O)c2cc(OC)c(OC)cc2NC(=O)C2CC2C)CC1. The number of esters is 2. The fourth-order valence-corrected chi connectivity index (χ4v) is 4.19. The van der Waals surface area contributed by atoms with Crippen molar-refractivity contribution in [3.8, 4) is 11.5 Å². The summed E-state index contributed by atoms with van der Waals surface area (Å²) < 4.78 is 21.2. The van der Waals surface area contributed by atoms with Crippen LogP contribution in [0.25, 0.3) is 0 Å². The lowest BCUT2D eigenvalue weighted by atomic mass is 9.97. The maximum atomic E-state index is 13.1. The van der Waals surface area contributed by atoms with Gasteiger partial charge in [-0.1, -0.05) is 6.92 Å². The number of carbonyl (C=O) groups is 4. The summed E-state index contributed by atoms with van der Waals surface area (Å²) in [7, 11) is 2.89. The first-order chi connectivity index (χ1) is 16.7. The lowest BCUT2D eigenvalue weighted by molar-refractivity contribution is -0.152. The van der Waals surface area contributed by atoms with Gasteiger partial charge in [0.15, 0.2) is 17.6 Å². The lowest BCUT2D eigenvalue weighted by Gasteiger charge is -2.32. The van der Waals surface area contributed by atoms with E-state index in [1.807, 2.05) is 6.92 Å². The fraction of sp³-hybridized carbons (Fsp3) is 0.600. The quantitative estimate of drug-likeness (QED) is 0.525. The summed E-state index contributed by atoms with van der Waals surface area (Å²) in [6, 6.07) is 2.93. The molecule has 10 nitrogen and oxygen atoms in total. The predicted octanol–water partition coefficient (Wildman–Crippen LogP) is 2.65. The molecule has 0 bridgehead atoms. The smallest absolute Gasteiger partial charge is 0.341 e. The number of benzene rings is 1. The van der Waals surface area contributed by atoms with Crippen molar-refractivity contribution in [1.82, 2.24) is 4.90 Å². The third kappa shape index (κ3) is 6.23. The van der Waals surface area contributed by atoms with Crippen LogP contribution >= 0.6 is 0 Å². The highest BCUT2D eigenvalue weighted by molar-refractivity contribution is 6.04. The van der Waals surface area contributed by atoms with Crippen LogP contribution in [0.2, 0.25) is 0 Å². The summed E-state index contributed by atoms with van der Waals surface area (Å²) in [5.74, 6) is -0.972. The van der Waals surface area contributed by atoms with Crippen LogP contribution in [0.4, 0.5) is 5.69 Å². The van der Waals surface area contributed by atoms with Crippen LogP contribution in [0.15, 0.2) is 12.1 Å². The van der Waals surface area contributed by atoms with Crippen molar-refractivity contribution in [2.45, 2.75) is 46.1 Å². The van der Waals surface area contributed by atoms with Gasteiger partial charge in [0, 0.05) is 31.1 Å². The van der Waals surface area contributed by atoms with Crippen LogP contribution in [0.3, 0.4) is 0 Å². The Hall–Kier alpha value is -3.30. The van der Waals surface area contributed by atoms with Gasteiger partial charge >= 0.3 is 11.9 Å². The van der Waals surface area contributed by atoms with Crippen molar-refractivity contribution in [3.05, 3.63) is 17.7 Å². The zero-order valence-corrected chi connectivity index (χ0v) is 20.9. The monoisotopic (exact) mass is 490 g/mol. The standard InChI is InChI=1S/C25H34N2O8/c1-6-34-24(30)16-7-9-27(10-8-16)23(29)15(3)35-25(31)18-12-20(32-4)21(33-5)13-19(18)26-22(28)17-11-14(17)2/h12-17H,6-11H2,1-5H3,(H,26,28). The molecule has 3 atom stereocenters. The summed E-state index contributed by atoms with van der Waals surface area (Å²) in [6.07, 6.45) is 0.728. The van der Waals surface area contributed by atoms with E-state index in [2.05, 4.69) is 5.32 Å². The van der Waals surface area contributed by atoms with Gasteiger partial charge in [0.2, 0.25) is 5.91 Å². The normalized spacial score (nSPS) is 20.4. The van der Waals surface area contributed by atoms with Crippen LogP contribution < -0.4 is 14.8 Å². The Morgan fingerprint density at radius 2 is 1.69 bits per heavy atom. The van der Waals surface area contributed by atoms with E-state index in [-0.39, 0.29) is 52.5 Å². The van der Waals surface area contributed by atoms with E-state index in [9.17, 15) is 19.2 Å². The number of carbonyl (C=O) groups excluding carboxylic acids is 4. The van der Waals surface area contributed by atoms with Gasteiger partial charge in [-0.05, 0) is 39.0 Å². The van der Waals surface area contributed by atoms with Gasteiger partial charge in [-0.25, -0.2) is 4.79 Å². The molecule has 1 saturated carbocycles. The predicted molar refractivity (Wildman–Crippen MR) is 126 cm³/mol. The molecule has 10 heteroatoms. The van der Waals surface area contributed by atoms with Crippen LogP contribution in [0.5, 0.6) is 11.5 Å². The Kier molecular flexibility index (Phi) is 8.58. The Morgan fingerprint density at radius 1 is 1.09 bits per heavy atom. The highest BCUT2D eigenvalue weighted by atomic mass is 16.5. The van der Waals surface area contributed by atoms with E-state index in [1.165, 1.54) is 33.3 Å². The molecule has 35 heavy (non-hydrogen) atoms. The Bertz CT molecular complexity index is 970. The Labute approximate surface area is 205 Å². The Morgan fingerprint density at radius 3 is 2.23 bits per heavy atom. The molecule has 2 amide bonds. The van der Waals surface area contributed by atoms with Crippen molar-refractivity contribution in [1.29, 1.82) is 0 Å². The van der Waals surface area contributed by atoms with Crippen molar-refractivity contribution in [3.63, 3.8) is 0 Å². The number of piperidine rings is 1. The molecule has 1 aromatic carbocycles. The third-order valence-corrected chi connectivity index (χ3v) is 6.51. The van der Waals surface area contributed by atoms with Gasteiger partial charge < -0.3 is 29.2 Å². The average Bonchev–Trinajstić information content (AvgIpc) is 3.59. The summed E-state index contributed by atoms with van der Waals surface area (Å²) in [6.45, 7) is 6.32. The van der Waals surface area contributed by atoms with E-state index >= 15 is 0 Å². The maximum Gasteiger partial charge on any atom is 0.341 e. The van der Waals surface area contributed by atoms with Crippen molar-refractivity contribution in [2.24, 2.45) is 17.8 Å². The van der Waals surface area contributed by atoms with Gasteiger partial charge in [-0.3, -0.25) is 14.4 Å². The minimum Gasteiger partial charge on any atom is -0.493 e. The van der Waals surface area contributed by atoms with E-state index < -0.39 is 12.1 Å². The minimum atomic E-state index is -1.05. The number of hydrogen-bond donors (Lipinski definition) is 1. The first-order valence-electron chi connectivity index (χ1n) is 11.9. The second-order valence-corrected chi connectivity index (χ2v) is 8.96. The molecule has 1 heterocycles.